The fourth-order valence-corrected chi connectivity index (χ4v) is 4.09. The van der Waals surface area contributed by atoms with Crippen LogP contribution in [0.4, 0.5) is 4.39 Å². The van der Waals surface area contributed by atoms with E-state index >= 15 is 0 Å². The van der Waals surface area contributed by atoms with Gasteiger partial charge in [0.25, 0.3) is 0 Å². The predicted octanol–water partition coefficient (Wildman–Crippen LogP) is 2.55. The Balaban J connectivity index is 2.29. The van der Waals surface area contributed by atoms with E-state index in [0.29, 0.717) is 0 Å². The summed E-state index contributed by atoms with van der Waals surface area (Å²) in [4.78, 5) is -0.287. The van der Waals surface area contributed by atoms with Gasteiger partial charge in [0.1, 0.15) is 22.3 Å². The number of hydrogen-bond acceptors (Lipinski definition) is 3. The summed E-state index contributed by atoms with van der Waals surface area (Å²) in [6.45, 7) is 4.17. The van der Waals surface area contributed by atoms with Crippen LogP contribution in [-0.4, -0.2) is 14.5 Å². The molecule has 1 aliphatic carbocycles. The minimum Gasteiger partial charge on any atom is -0.208 e. The number of halogens is 1. The first-order chi connectivity index (χ1) is 9.25. The van der Waals surface area contributed by atoms with Gasteiger partial charge in [0.05, 0.1) is 0 Å². The van der Waals surface area contributed by atoms with Gasteiger partial charge < -0.3 is 0 Å². The molecule has 20 heavy (non-hydrogen) atoms. The standard InChI is InChI=1S/C14H17FN2O2S/c1-14(2)7-6-10(8-14)17-20(18,19)13-5-3-4-12(15)11(13)9-16/h3-5,10,17H,6-8H2,1-2H3. The van der Waals surface area contributed by atoms with Gasteiger partial charge >= 0.3 is 0 Å². The molecule has 1 unspecified atom stereocenters. The van der Waals surface area contributed by atoms with Crippen LogP contribution in [0.5, 0.6) is 0 Å². The van der Waals surface area contributed by atoms with E-state index in [2.05, 4.69) is 18.6 Å². The van der Waals surface area contributed by atoms with E-state index in [4.69, 9.17) is 5.26 Å². The molecule has 0 bridgehead atoms. The van der Waals surface area contributed by atoms with Gasteiger partial charge in [0, 0.05) is 6.04 Å². The number of nitrogens with zero attached hydrogens (tertiary/aromatic N) is 1. The van der Waals surface area contributed by atoms with Crippen molar-refractivity contribution in [3.63, 3.8) is 0 Å². The fourth-order valence-electron chi connectivity index (χ4n) is 2.66. The van der Waals surface area contributed by atoms with Crippen LogP contribution < -0.4 is 4.72 Å². The SMILES string of the molecule is CC1(C)CCC(NS(=O)(=O)c2cccc(F)c2C#N)C1. The van der Waals surface area contributed by atoms with E-state index in [0.717, 1.165) is 25.3 Å². The molecular formula is C14H17FN2O2S. The normalized spacial score (nSPS) is 21.6. The fraction of sp³-hybridized carbons (Fsp3) is 0.500. The van der Waals surface area contributed by atoms with Crippen LogP contribution in [0, 0.1) is 22.6 Å². The lowest BCUT2D eigenvalue weighted by Gasteiger charge is -2.18. The van der Waals surface area contributed by atoms with Crippen LogP contribution in [-0.2, 0) is 10.0 Å². The van der Waals surface area contributed by atoms with Gasteiger partial charge in [-0.1, -0.05) is 19.9 Å². The summed E-state index contributed by atoms with van der Waals surface area (Å²) >= 11 is 0. The molecule has 6 heteroatoms. The first-order valence-electron chi connectivity index (χ1n) is 6.46. The molecule has 0 radical (unpaired) electrons. The molecule has 1 aromatic carbocycles. The van der Waals surface area contributed by atoms with Gasteiger partial charge in [-0.3, -0.25) is 0 Å². The molecule has 0 spiro atoms. The van der Waals surface area contributed by atoms with Crippen molar-refractivity contribution in [3.05, 3.63) is 29.6 Å². The average Bonchev–Trinajstić information content (AvgIpc) is 2.67. The summed E-state index contributed by atoms with van der Waals surface area (Å²) in [6, 6.07) is 5.08. The second-order valence-electron chi connectivity index (χ2n) is 5.95. The molecule has 108 valence electrons. The summed E-state index contributed by atoms with van der Waals surface area (Å²) in [7, 11) is -3.87. The Hall–Kier alpha value is -1.45. The molecule has 0 aliphatic heterocycles. The summed E-state index contributed by atoms with van der Waals surface area (Å²) < 4.78 is 40.7. The highest BCUT2D eigenvalue weighted by Gasteiger charge is 2.34. The molecule has 1 aliphatic rings. The molecule has 1 aromatic rings. The van der Waals surface area contributed by atoms with Crippen molar-refractivity contribution in [3.8, 4) is 6.07 Å². The molecule has 1 N–H and O–H groups in total. The van der Waals surface area contributed by atoms with Crippen LogP contribution in [0.3, 0.4) is 0 Å². The third-order valence-corrected chi connectivity index (χ3v) is 5.23. The molecule has 0 aromatic heterocycles. The largest absolute Gasteiger partial charge is 0.242 e. The smallest absolute Gasteiger partial charge is 0.208 e. The van der Waals surface area contributed by atoms with Crippen LogP contribution in [0.2, 0.25) is 0 Å². The molecule has 1 saturated carbocycles. The number of nitrogens with one attached hydrogen (secondary N) is 1. The Morgan fingerprint density at radius 2 is 2.15 bits per heavy atom. The zero-order valence-corrected chi connectivity index (χ0v) is 12.3. The number of rotatable bonds is 3. The predicted molar refractivity (Wildman–Crippen MR) is 72.9 cm³/mol. The Bertz CT molecular complexity index is 662. The molecular weight excluding hydrogens is 279 g/mol. The lowest BCUT2D eigenvalue weighted by atomic mass is 9.92. The zero-order valence-electron chi connectivity index (χ0n) is 11.5. The van der Waals surface area contributed by atoms with Crippen LogP contribution in [0.25, 0.3) is 0 Å². The Morgan fingerprint density at radius 3 is 2.70 bits per heavy atom. The second kappa shape index (κ2) is 5.15. The highest BCUT2D eigenvalue weighted by atomic mass is 32.2. The van der Waals surface area contributed by atoms with E-state index in [1.807, 2.05) is 0 Å². The van der Waals surface area contributed by atoms with Crippen molar-refractivity contribution >= 4 is 10.0 Å². The van der Waals surface area contributed by atoms with Crippen molar-refractivity contribution in [1.29, 1.82) is 5.26 Å². The Morgan fingerprint density at radius 1 is 1.45 bits per heavy atom. The molecule has 0 heterocycles. The third-order valence-electron chi connectivity index (χ3n) is 3.67. The Kier molecular flexibility index (Phi) is 3.85. The molecule has 0 amide bonds. The lowest BCUT2D eigenvalue weighted by Crippen LogP contribution is -2.34. The van der Waals surface area contributed by atoms with E-state index in [9.17, 15) is 12.8 Å². The molecule has 1 atom stereocenters. The first-order valence-corrected chi connectivity index (χ1v) is 7.94. The van der Waals surface area contributed by atoms with E-state index in [1.165, 1.54) is 12.1 Å². The first kappa shape index (κ1) is 14.9. The lowest BCUT2D eigenvalue weighted by molar-refractivity contribution is 0.372. The highest BCUT2D eigenvalue weighted by Crippen LogP contribution is 2.37. The Labute approximate surface area is 118 Å². The van der Waals surface area contributed by atoms with Gasteiger partial charge in [-0.15, -0.1) is 0 Å². The molecule has 0 saturated heterocycles. The maximum Gasteiger partial charge on any atom is 0.242 e. The van der Waals surface area contributed by atoms with E-state index < -0.39 is 21.4 Å². The number of benzene rings is 1. The summed E-state index contributed by atoms with van der Waals surface area (Å²) in [5.74, 6) is -0.817. The van der Waals surface area contributed by atoms with Crippen molar-refractivity contribution in [1.82, 2.24) is 4.72 Å². The number of sulfonamides is 1. The van der Waals surface area contributed by atoms with Gasteiger partial charge in [-0.2, -0.15) is 5.26 Å². The summed E-state index contributed by atoms with van der Waals surface area (Å²) in [6.07, 6.45) is 2.43. The minimum absolute atomic E-state index is 0.104. The average molecular weight is 296 g/mol. The monoisotopic (exact) mass is 296 g/mol. The third kappa shape index (κ3) is 3.00. The quantitative estimate of drug-likeness (QED) is 0.932. The summed E-state index contributed by atoms with van der Waals surface area (Å²) in [5.41, 5.74) is -0.329. The minimum atomic E-state index is -3.87. The molecule has 1 fully saturated rings. The maximum atomic E-state index is 13.5. The maximum absolute atomic E-state index is 13.5. The van der Waals surface area contributed by atoms with Crippen LogP contribution in [0.1, 0.15) is 38.7 Å². The van der Waals surface area contributed by atoms with Crippen LogP contribution in [0.15, 0.2) is 23.1 Å². The number of nitriles is 1. The van der Waals surface area contributed by atoms with Gasteiger partial charge in [0.2, 0.25) is 10.0 Å². The molecule has 4 nitrogen and oxygen atoms in total. The van der Waals surface area contributed by atoms with Crippen molar-refractivity contribution in [2.24, 2.45) is 5.41 Å². The van der Waals surface area contributed by atoms with Crippen molar-refractivity contribution in [2.45, 2.75) is 44.0 Å². The van der Waals surface area contributed by atoms with Gasteiger partial charge in [-0.05, 0) is 36.8 Å². The summed E-state index contributed by atoms with van der Waals surface area (Å²) in [5, 5.41) is 8.92. The van der Waals surface area contributed by atoms with E-state index in [1.54, 1.807) is 6.07 Å². The van der Waals surface area contributed by atoms with Crippen molar-refractivity contribution < 1.29 is 12.8 Å². The van der Waals surface area contributed by atoms with Gasteiger partial charge in [-0.25, -0.2) is 17.5 Å². The van der Waals surface area contributed by atoms with E-state index in [-0.39, 0.29) is 16.4 Å². The topological polar surface area (TPSA) is 70.0 Å². The molecule has 2 rings (SSSR count). The zero-order chi connectivity index (χ0) is 15.0. The second-order valence-corrected chi connectivity index (χ2v) is 7.63. The van der Waals surface area contributed by atoms with Gasteiger partial charge in [0.15, 0.2) is 0 Å². The number of hydrogen-bond donors (Lipinski definition) is 1. The van der Waals surface area contributed by atoms with Crippen LogP contribution >= 0.6 is 0 Å². The van der Waals surface area contributed by atoms with Crippen molar-refractivity contribution in [2.75, 3.05) is 0 Å². The highest BCUT2D eigenvalue weighted by molar-refractivity contribution is 7.89.